The molecule has 1 rings (SSSR count). The SMILES string of the molecule is Cc1nc(C(F)(F)F)c(OC(=O)Cl)s1. The van der Waals surface area contributed by atoms with Crippen molar-refractivity contribution in [1.82, 2.24) is 4.98 Å². The number of hydrogen-bond acceptors (Lipinski definition) is 4. The largest absolute Gasteiger partial charge is 0.438 e. The quantitative estimate of drug-likeness (QED) is 0.713. The van der Waals surface area contributed by atoms with Gasteiger partial charge >= 0.3 is 11.6 Å². The van der Waals surface area contributed by atoms with Crippen LogP contribution in [0.25, 0.3) is 0 Å². The molecule has 78 valence electrons. The maximum atomic E-state index is 12.2. The van der Waals surface area contributed by atoms with Crippen LogP contribution >= 0.6 is 22.9 Å². The molecule has 3 nitrogen and oxygen atoms in total. The van der Waals surface area contributed by atoms with Crippen LogP contribution in [0.4, 0.5) is 18.0 Å². The molecule has 0 unspecified atom stereocenters. The highest BCUT2D eigenvalue weighted by atomic mass is 35.5. The summed E-state index contributed by atoms with van der Waals surface area (Å²) in [7, 11) is 0. The van der Waals surface area contributed by atoms with E-state index in [4.69, 9.17) is 11.6 Å². The van der Waals surface area contributed by atoms with Gasteiger partial charge in [-0.1, -0.05) is 11.3 Å². The van der Waals surface area contributed by atoms with Crippen molar-refractivity contribution in [3.8, 4) is 5.06 Å². The molecule has 1 heterocycles. The van der Waals surface area contributed by atoms with Crippen molar-refractivity contribution >= 4 is 28.4 Å². The van der Waals surface area contributed by atoms with E-state index in [1.807, 2.05) is 0 Å². The predicted molar refractivity (Wildman–Crippen MR) is 43.7 cm³/mol. The molecule has 0 aliphatic heterocycles. The van der Waals surface area contributed by atoms with Crippen molar-refractivity contribution in [2.24, 2.45) is 0 Å². The maximum absolute atomic E-state index is 12.2. The van der Waals surface area contributed by atoms with Gasteiger partial charge in [0.05, 0.1) is 5.01 Å². The standard InChI is InChI=1S/C6H3ClF3NO2S/c1-2-11-3(6(8,9)10)4(14-2)13-5(7)12/h1H3. The highest BCUT2D eigenvalue weighted by Crippen LogP contribution is 2.39. The van der Waals surface area contributed by atoms with Gasteiger partial charge in [-0.05, 0) is 6.92 Å². The van der Waals surface area contributed by atoms with Gasteiger partial charge in [0, 0.05) is 11.6 Å². The van der Waals surface area contributed by atoms with Gasteiger partial charge in [0.25, 0.3) is 0 Å². The highest BCUT2D eigenvalue weighted by Gasteiger charge is 2.38. The van der Waals surface area contributed by atoms with Crippen molar-refractivity contribution in [2.45, 2.75) is 13.1 Å². The number of hydrogen-bond donors (Lipinski definition) is 0. The fourth-order valence-corrected chi connectivity index (χ4v) is 1.63. The molecule has 0 radical (unpaired) electrons. The summed E-state index contributed by atoms with van der Waals surface area (Å²) < 4.78 is 40.8. The molecule has 0 amide bonds. The number of rotatable bonds is 1. The Morgan fingerprint density at radius 1 is 1.57 bits per heavy atom. The average molecular weight is 246 g/mol. The molecular weight excluding hydrogens is 243 g/mol. The number of carbonyl (C=O) groups excluding carboxylic acids is 1. The van der Waals surface area contributed by atoms with Crippen LogP contribution in [0.2, 0.25) is 0 Å². The molecular formula is C6H3ClF3NO2S. The van der Waals surface area contributed by atoms with E-state index in [1.54, 1.807) is 0 Å². The van der Waals surface area contributed by atoms with Crippen LogP contribution in [0.3, 0.4) is 0 Å². The summed E-state index contributed by atoms with van der Waals surface area (Å²) in [5.74, 6) is 0. The third-order valence-electron chi connectivity index (χ3n) is 1.14. The number of carbonyl (C=O) groups is 1. The minimum absolute atomic E-state index is 0.144. The van der Waals surface area contributed by atoms with Gasteiger partial charge in [-0.3, -0.25) is 0 Å². The van der Waals surface area contributed by atoms with E-state index in [9.17, 15) is 18.0 Å². The maximum Gasteiger partial charge on any atom is 0.438 e. The van der Waals surface area contributed by atoms with Crippen molar-refractivity contribution < 1.29 is 22.7 Å². The first-order valence-corrected chi connectivity index (χ1v) is 4.42. The van der Waals surface area contributed by atoms with Gasteiger partial charge in [0.15, 0.2) is 5.69 Å². The number of aryl methyl sites for hydroxylation is 1. The van der Waals surface area contributed by atoms with E-state index < -0.39 is 22.4 Å². The number of thiazole rings is 1. The summed E-state index contributed by atoms with van der Waals surface area (Å²) in [6, 6.07) is 0. The predicted octanol–water partition coefficient (Wildman–Crippen LogP) is 3.21. The lowest BCUT2D eigenvalue weighted by Gasteiger charge is -2.03. The van der Waals surface area contributed by atoms with Crippen LogP contribution in [-0.4, -0.2) is 10.4 Å². The van der Waals surface area contributed by atoms with Crippen LogP contribution in [0.15, 0.2) is 0 Å². The first kappa shape index (κ1) is 11.3. The Kier molecular flexibility index (Phi) is 3.01. The van der Waals surface area contributed by atoms with E-state index in [0.29, 0.717) is 11.3 Å². The summed E-state index contributed by atoms with van der Waals surface area (Å²) in [6.07, 6.45) is -4.65. The fraction of sp³-hybridized carbons (Fsp3) is 0.333. The molecule has 0 aromatic carbocycles. The molecule has 0 saturated carbocycles. The van der Waals surface area contributed by atoms with Gasteiger partial charge in [0.2, 0.25) is 5.06 Å². The Balaban J connectivity index is 3.09. The van der Waals surface area contributed by atoms with Gasteiger partial charge < -0.3 is 4.74 Å². The second-order valence-electron chi connectivity index (χ2n) is 2.21. The lowest BCUT2D eigenvalue weighted by Crippen LogP contribution is -2.09. The first-order valence-electron chi connectivity index (χ1n) is 3.22. The van der Waals surface area contributed by atoms with Crippen molar-refractivity contribution in [3.63, 3.8) is 0 Å². The molecule has 1 aromatic heterocycles. The average Bonchev–Trinajstić information content (AvgIpc) is 2.28. The summed E-state index contributed by atoms with van der Waals surface area (Å²) in [6.45, 7) is 1.37. The fourth-order valence-electron chi connectivity index (χ4n) is 0.730. The molecule has 0 aliphatic carbocycles. The Hall–Kier alpha value is -0.820. The van der Waals surface area contributed by atoms with E-state index >= 15 is 0 Å². The minimum Gasteiger partial charge on any atom is -0.401 e. The van der Waals surface area contributed by atoms with E-state index in [-0.39, 0.29) is 5.01 Å². The Bertz CT molecular complexity index is 362. The van der Waals surface area contributed by atoms with E-state index in [1.165, 1.54) is 6.92 Å². The highest BCUT2D eigenvalue weighted by molar-refractivity contribution is 7.13. The van der Waals surface area contributed by atoms with Gasteiger partial charge in [-0.15, -0.1) is 0 Å². The molecule has 14 heavy (non-hydrogen) atoms. The van der Waals surface area contributed by atoms with Gasteiger partial charge in [-0.25, -0.2) is 9.78 Å². The molecule has 0 N–H and O–H groups in total. The molecule has 0 saturated heterocycles. The summed E-state index contributed by atoms with van der Waals surface area (Å²) in [5.41, 5.74) is -2.55. The van der Waals surface area contributed by atoms with Crippen LogP contribution in [0.5, 0.6) is 5.06 Å². The van der Waals surface area contributed by atoms with Crippen molar-refractivity contribution in [1.29, 1.82) is 0 Å². The second kappa shape index (κ2) is 3.74. The second-order valence-corrected chi connectivity index (χ2v) is 3.68. The van der Waals surface area contributed by atoms with E-state index in [0.717, 1.165) is 0 Å². The third kappa shape index (κ3) is 2.58. The van der Waals surface area contributed by atoms with Crippen LogP contribution in [-0.2, 0) is 6.18 Å². The third-order valence-corrected chi connectivity index (χ3v) is 2.07. The number of alkyl halides is 3. The zero-order chi connectivity index (χ0) is 10.9. The molecule has 1 aromatic rings. The van der Waals surface area contributed by atoms with Crippen molar-refractivity contribution in [3.05, 3.63) is 10.7 Å². The van der Waals surface area contributed by atoms with Crippen molar-refractivity contribution in [2.75, 3.05) is 0 Å². The van der Waals surface area contributed by atoms with Crippen LogP contribution in [0, 0.1) is 6.92 Å². The van der Waals surface area contributed by atoms with E-state index in [2.05, 4.69) is 9.72 Å². The van der Waals surface area contributed by atoms with Gasteiger partial charge in [0.1, 0.15) is 0 Å². The Labute approximate surface area is 85.5 Å². The zero-order valence-electron chi connectivity index (χ0n) is 6.68. The summed E-state index contributed by atoms with van der Waals surface area (Å²) in [4.78, 5) is 13.4. The lowest BCUT2D eigenvalue weighted by molar-refractivity contribution is -0.141. The minimum atomic E-state index is -4.65. The molecule has 8 heteroatoms. The number of ether oxygens (including phenoxy) is 1. The normalized spacial score (nSPS) is 11.5. The number of nitrogens with zero attached hydrogens (tertiary/aromatic N) is 1. The Morgan fingerprint density at radius 3 is 2.57 bits per heavy atom. The zero-order valence-corrected chi connectivity index (χ0v) is 8.26. The molecule has 0 fully saturated rings. The topological polar surface area (TPSA) is 39.2 Å². The van der Waals surface area contributed by atoms with Crippen LogP contribution in [0.1, 0.15) is 10.7 Å². The summed E-state index contributed by atoms with van der Waals surface area (Å²) >= 11 is 5.40. The van der Waals surface area contributed by atoms with Gasteiger partial charge in [-0.2, -0.15) is 13.2 Å². The molecule has 0 spiro atoms. The Morgan fingerprint density at radius 2 is 2.14 bits per heavy atom. The van der Waals surface area contributed by atoms with Crippen LogP contribution < -0.4 is 4.74 Å². The number of halogens is 4. The first-order chi connectivity index (χ1) is 6.30. The monoisotopic (exact) mass is 245 g/mol. The number of aromatic nitrogens is 1. The lowest BCUT2D eigenvalue weighted by atomic mass is 10.5. The molecule has 0 atom stereocenters. The molecule has 0 bridgehead atoms. The summed E-state index contributed by atoms with van der Waals surface area (Å²) in [5, 5.41) is -0.486. The molecule has 0 aliphatic rings. The smallest absolute Gasteiger partial charge is 0.401 e.